The molecule has 2 aromatic rings. The number of halogens is 3. The number of carbonyl (C=O) groups excluding carboxylic acids is 1. The van der Waals surface area contributed by atoms with Crippen LogP contribution in [0.5, 0.6) is 0 Å². The van der Waals surface area contributed by atoms with E-state index < -0.39 is 27.3 Å². The summed E-state index contributed by atoms with van der Waals surface area (Å²) in [4.78, 5) is 19.1. The van der Waals surface area contributed by atoms with Gasteiger partial charge in [-0.1, -0.05) is 0 Å². The standard InChI is InChI=1S/C16H18F3N5O3S/c1-22-5-7-23(8-6-22)15-12(10-25)14(16(17,18)19)21-24(15)13-4-3-11(9-20-13)28(2,26)27/h3-4,9-10H,5-8H2,1-2H3. The Labute approximate surface area is 159 Å². The van der Waals surface area contributed by atoms with Crippen LogP contribution < -0.4 is 4.90 Å². The van der Waals surface area contributed by atoms with E-state index in [1.54, 1.807) is 4.90 Å². The minimum Gasteiger partial charge on any atom is -0.353 e. The van der Waals surface area contributed by atoms with E-state index in [0.717, 1.165) is 17.1 Å². The number of alkyl halides is 3. The number of hydrogen-bond donors (Lipinski definition) is 0. The number of pyridine rings is 1. The highest BCUT2D eigenvalue weighted by Gasteiger charge is 2.41. The van der Waals surface area contributed by atoms with Crippen LogP contribution in [0.1, 0.15) is 16.1 Å². The Morgan fingerprint density at radius 1 is 1.14 bits per heavy atom. The fourth-order valence-corrected chi connectivity index (χ4v) is 3.50. The summed E-state index contributed by atoms with van der Waals surface area (Å²) in [7, 11) is -1.62. The third kappa shape index (κ3) is 3.87. The van der Waals surface area contributed by atoms with Crippen molar-refractivity contribution in [2.75, 3.05) is 44.4 Å². The van der Waals surface area contributed by atoms with Gasteiger partial charge in [0.25, 0.3) is 0 Å². The van der Waals surface area contributed by atoms with Crippen LogP contribution in [0.2, 0.25) is 0 Å². The second-order valence-electron chi connectivity index (χ2n) is 6.53. The van der Waals surface area contributed by atoms with Crippen molar-refractivity contribution in [1.29, 1.82) is 0 Å². The van der Waals surface area contributed by atoms with Crippen LogP contribution in [0.25, 0.3) is 5.82 Å². The van der Waals surface area contributed by atoms with Gasteiger partial charge in [-0.25, -0.2) is 13.4 Å². The van der Waals surface area contributed by atoms with Crippen molar-refractivity contribution >= 4 is 21.9 Å². The SMILES string of the molecule is CN1CCN(c2c(C=O)c(C(F)(F)F)nn2-c2ccc(S(C)(=O)=O)cn2)CC1. The number of likely N-dealkylation sites (N-methyl/N-ethyl adjacent to an activating group) is 1. The van der Waals surface area contributed by atoms with Crippen LogP contribution in [0.4, 0.5) is 19.0 Å². The van der Waals surface area contributed by atoms with E-state index >= 15 is 0 Å². The number of sulfone groups is 1. The zero-order valence-corrected chi connectivity index (χ0v) is 16.0. The zero-order chi connectivity index (χ0) is 20.7. The maximum atomic E-state index is 13.4. The van der Waals surface area contributed by atoms with Crippen molar-refractivity contribution in [3.05, 3.63) is 29.6 Å². The first-order valence-corrected chi connectivity index (χ1v) is 10.2. The predicted octanol–water partition coefficient (Wildman–Crippen LogP) is 1.25. The van der Waals surface area contributed by atoms with Gasteiger partial charge in [0.05, 0.1) is 10.5 Å². The summed E-state index contributed by atoms with van der Waals surface area (Å²) >= 11 is 0. The van der Waals surface area contributed by atoms with Crippen LogP contribution in [-0.4, -0.2) is 73.9 Å². The number of hydrogen-bond acceptors (Lipinski definition) is 7. The number of aldehydes is 1. The highest BCUT2D eigenvalue weighted by molar-refractivity contribution is 7.90. The monoisotopic (exact) mass is 417 g/mol. The Balaban J connectivity index is 2.16. The Bertz CT molecular complexity index is 978. The lowest BCUT2D eigenvalue weighted by molar-refractivity contribution is -0.141. The van der Waals surface area contributed by atoms with Gasteiger partial charge in [0.1, 0.15) is 5.82 Å². The molecule has 0 atom stereocenters. The van der Waals surface area contributed by atoms with Gasteiger partial charge < -0.3 is 9.80 Å². The number of aromatic nitrogens is 3. The molecule has 152 valence electrons. The summed E-state index contributed by atoms with van der Waals surface area (Å²) in [5, 5.41) is 3.60. The molecule has 2 aromatic heterocycles. The number of rotatable bonds is 4. The molecule has 3 heterocycles. The van der Waals surface area contributed by atoms with Crippen molar-refractivity contribution in [2.45, 2.75) is 11.1 Å². The molecular weight excluding hydrogens is 399 g/mol. The van der Waals surface area contributed by atoms with Gasteiger partial charge in [-0.2, -0.15) is 23.0 Å². The van der Waals surface area contributed by atoms with Gasteiger partial charge >= 0.3 is 6.18 Å². The summed E-state index contributed by atoms with van der Waals surface area (Å²) < 4.78 is 64.4. The summed E-state index contributed by atoms with van der Waals surface area (Å²) in [5.74, 6) is -0.0186. The number of piperazine rings is 1. The fraction of sp³-hybridized carbons (Fsp3) is 0.438. The third-order valence-corrected chi connectivity index (χ3v) is 5.55. The summed E-state index contributed by atoms with van der Waals surface area (Å²) in [6.45, 7) is 2.01. The third-order valence-electron chi connectivity index (χ3n) is 4.45. The summed E-state index contributed by atoms with van der Waals surface area (Å²) in [6, 6.07) is 2.50. The smallest absolute Gasteiger partial charge is 0.353 e. The number of carbonyl (C=O) groups is 1. The second kappa shape index (κ2) is 7.17. The average molecular weight is 417 g/mol. The van der Waals surface area contributed by atoms with E-state index in [1.807, 2.05) is 11.9 Å². The maximum Gasteiger partial charge on any atom is 0.435 e. The molecule has 0 saturated carbocycles. The van der Waals surface area contributed by atoms with E-state index in [2.05, 4.69) is 10.1 Å². The molecule has 1 saturated heterocycles. The average Bonchev–Trinajstić information content (AvgIpc) is 3.01. The Morgan fingerprint density at radius 3 is 2.25 bits per heavy atom. The molecular formula is C16H18F3N5O3S. The minimum absolute atomic E-state index is 0.00460. The molecule has 1 fully saturated rings. The van der Waals surface area contributed by atoms with Gasteiger partial charge in [0, 0.05) is 38.6 Å². The zero-order valence-electron chi connectivity index (χ0n) is 15.1. The van der Waals surface area contributed by atoms with Crippen molar-refractivity contribution in [3.8, 4) is 5.82 Å². The predicted molar refractivity (Wildman–Crippen MR) is 94.6 cm³/mol. The Kier molecular flexibility index (Phi) is 5.19. The van der Waals surface area contributed by atoms with Crippen LogP contribution in [0.15, 0.2) is 23.2 Å². The van der Waals surface area contributed by atoms with Crippen LogP contribution in [0.3, 0.4) is 0 Å². The Hall–Kier alpha value is -2.47. The molecule has 8 nitrogen and oxygen atoms in total. The molecule has 0 unspecified atom stereocenters. The first-order valence-electron chi connectivity index (χ1n) is 8.27. The maximum absolute atomic E-state index is 13.4. The van der Waals surface area contributed by atoms with Gasteiger partial charge in [0.15, 0.2) is 27.6 Å². The fourth-order valence-electron chi connectivity index (χ4n) is 2.94. The molecule has 0 aromatic carbocycles. The molecule has 1 aliphatic heterocycles. The molecule has 0 spiro atoms. The van der Waals surface area contributed by atoms with Gasteiger partial charge in [-0.3, -0.25) is 4.79 Å². The van der Waals surface area contributed by atoms with Crippen LogP contribution in [0, 0.1) is 0 Å². The minimum atomic E-state index is -4.82. The summed E-state index contributed by atoms with van der Waals surface area (Å²) in [6.07, 6.45) is -2.63. The molecule has 28 heavy (non-hydrogen) atoms. The quantitative estimate of drug-likeness (QED) is 0.692. The molecule has 12 heteroatoms. The normalized spacial score (nSPS) is 16.4. The van der Waals surface area contributed by atoms with Gasteiger partial charge in [0.2, 0.25) is 0 Å². The van der Waals surface area contributed by atoms with Crippen molar-refractivity contribution in [2.24, 2.45) is 0 Å². The van der Waals surface area contributed by atoms with E-state index in [0.29, 0.717) is 26.2 Å². The molecule has 0 bridgehead atoms. The van der Waals surface area contributed by atoms with E-state index in [1.165, 1.54) is 12.1 Å². The van der Waals surface area contributed by atoms with Gasteiger partial charge in [-0.15, -0.1) is 0 Å². The Morgan fingerprint density at radius 2 is 1.79 bits per heavy atom. The van der Waals surface area contributed by atoms with Gasteiger partial charge in [-0.05, 0) is 19.2 Å². The molecule has 0 radical (unpaired) electrons. The van der Waals surface area contributed by atoms with E-state index in [-0.39, 0.29) is 22.8 Å². The topological polar surface area (TPSA) is 88.4 Å². The molecule has 3 rings (SSSR count). The van der Waals surface area contributed by atoms with E-state index in [9.17, 15) is 26.4 Å². The lowest BCUT2D eigenvalue weighted by atomic mass is 10.2. The number of nitrogens with zero attached hydrogens (tertiary/aromatic N) is 5. The van der Waals surface area contributed by atoms with Crippen LogP contribution in [-0.2, 0) is 16.0 Å². The highest BCUT2D eigenvalue weighted by Crippen LogP contribution is 2.36. The lowest BCUT2D eigenvalue weighted by Gasteiger charge is -2.34. The largest absolute Gasteiger partial charge is 0.435 e. The molecule has 0 amide bonds. The lowest BCUT2D eigenvalue weighted by Crippen LogP contribution is -2.45. The molecule has 0 aliphatic carbocycles. The highest BCUT2D eigenvalue weighted by atomic mass is 32.2. The first-order chi connectivity index (χ1) is 13.0. The van der Waals surface area contributed by atoms with E-state index in [4.69, 9.17) is 0 Å². The second-order valence-corrected chi connectivity index (χ2v) is 8.54. The van der Waals surface area contributed by atoms with Crippen LogP contribution >= 0.6 is 0 Å². The number of anilines is 1. The van der Waals surface area contributed by atoms with Crippen molar-refractivity contribution < 1.29 is 26.4 Å². The molecule has 0 N–H and O–H groups in total. The molecule has 1 aliphatic rings. The van der Waals surface area contributed by atoms with Crippen molar-refractivity contribution in [3.63, 3.8) is 0 Å². The first kappa shape index (κ1) is 20.3. The summed E-state index contributed by atoms with van der Waals surface area (Å²) in [5.41, 5.74) is -1.86. The van der Waals surface area contributed by atoms with Crippen molar-refractivity contribution in [1.82, 2.24) is 19.7 Å².